The van der Waals surface area contributed by atoms with Crippen molar-refractivity contribution in [1.82, 2.24) is 5.32 Å². The number of hydrogen-bond acceptors (Lipinski definition) is 4. The SMILES string of the molecule is O=C(CC1CCCN1)c1ccc2c(c1)OCCCO2. The third kappa shape index (κ3) is 2.89. The maximum Gasteiger partial charge on any atom is 0.164 e. The first-order chi connectivity index (χ1) is 9.33. The van der Waals surface area contributed by atoms with Gasteiger partial charge in [-0.15, -0.1) is 0 Å². The summed E-state index contributed by atoms with van der Waals surface area (Å²) >= 11 is 0. The number of Topliss-reactive ketones (excluding diaryl/α,β-unsaturated/α-hetero) is 1. The monoisotopic (exact) mass is 261 g/mol. The second-order valence-electron chi connectivity index (χ2n) is 5.13. The summed E-state index contributed by atoms with van der Waals surface area (Å²) in [5, 5.41) is 3.35. The first kappa shape index (κ1) is 12.5. The Morgan fingerprint density at radius 3 is 2.84 bits per heavy atom. The molecule has 1 saturated heterocycles. The molecule has 0 spiro atoms. The van der Waals surface area contributed by atoms with E-state index in [4.69, 9.17) is 9.47 Å². The smallest absolute Gasteiger partial charge is 0.164 e. The lowest BCUT2D eigenvalue weighted by Crippen LogP contribution is -2.24. The molecule has 1 unspecified atom stereocenters. The molecule has 2 heterocycles. The van der Waals surface area contributed by atoms with Crippen molar-refractivity contribution in [2.45, 2.75) is 31.7 Å². The summed E-state index contributed by atoms with van der Waals surface area (Å²) in [4.78, 5) is 12.2. The van der Waals surface area contributed by atoms with Crippen LogP contribution in [0.3, 0.4) is 0 Å². The van der Waals surface area contributed by atoms with Crippen LogP contribution < -0.4 is 14.8 Å². The molecule has 1 fully saturated rings. The van der Waals surface area contributed by atoms with E-state index in [1.54, 1.807) is 0 Å². The van der Waals surface area contributed by atoms with E-state index in [0.717, 1.165) is 30.7 Å². The highest BCUT2D eigenvalue weighted by Crippen LogP contribution is 2.31. The fraction of sp³-hybridized carbons (Fsp3) is 0.533. The minimum atomic E-state index is 0.176. The summed E-state index contributed by atoms with van der Waals surface area (Å²) in [5.74, 6) is 1.62. The molecule has 0 aliphatic carbocycles. The summed E-state index contributed by atoms with van der Waals surface area (Å²) in [7, 11) is 0. The Kier molecular flexibility index (Phi) is 3.69. The fourth-order valence-corrected chi connectivity index (χ4v) is 2.61. The van der Waals surface area contributed by atoms with E-state index < -0.39 is 0 Å². The van der Waals surface area contributed by atoms with Crippen LogP contribution in [-0.4, -0.2) is 31.6 Å². The highest BCUT2D eigenvalue weighted by Gasteiger charge is 2.20. The molecule has 4 nitrogen and oxygen atoms in total. The fourth-order valence-electron chi connectivity index (χ4n) is 2.61. The van der Waals surface area contributed by atoms with Crippen LogP contribution in [0.15, 0.2) is 18.2 Å². The summed E-state index contributed by atoms with van der Waals surface area (Å²) in [5.41, 5.74) is 0.720. The van der Waals surface area contributed by atoms with Crippen molar-refractivity contribution in [2.75, 3.05) is 19.8 Å². The summed E-state index contributed by atoms with van der Waals surface area (Å²) in [6.07, 6.45) is 3.71. The highest BCUT2D eigenvalue weighted by molar-refractivity contribution is 5.97. The minimum absolute atomic E-state index is 0.176. The van der Waals surface area contributed by atoms with E-state index in [1.165, 1.54) is 6.42 Å². The van der Waals surface area contributed by atoms with Crippen LogP contribution in [0.5, 0.6) is 11.5 Å². The third-order valence-corrected chi connectivity index (χ3v) is 3.66. The molecule has 1 N–H and O–H groups in total. The van der Waals surface area contributed by atoms with Crippen molar-refractivity contribution in [3.8, 4) is 11.5 Å². The number of ether oxygens (including phenoxy) is 2. The summed E-state index contributed by atoms with van der Waals surface area (Å²) in [6.45, 7) is 2.35. The van der Waals surface area contributed by atoms with Crippen LogP contribution in [0.4, 0.5) is 0 Å². The zero-order valence-corrected chi connectivity index (χ0v) is 11.0. The van der Waals surface area contributed by atoms with E-state index >= 15 is 0 Å². The van der Waals surface area contributed by atoms with Gasteiger partial charge in [0.2, 0.25) is 0 Å². The van der Waals surface area contributed by atoms with Gasteiger partial charge in [-0.25, -0.2) is 0 Å². The maximum atomic E-state index is 12.2. The van der Waals surface area contributed by atoms with Crippen LogP contribution >= 0.6 is 0 Å². The van der Waals surface area contributed by atoms with Crippen molar-refractivity contribution in [2.24, 2.45) is 0 Å². The molecule has 19 heavy (non-hydrogen) atoms. The van der Waals surface area contributed by atoms with Gasteiger partial charge in [-0.2, -0.15) is 0 Å². The Labute approximate surface area is 113 Å². The normalized spacial score (nSPS) is 22.0. The Hall–Kier alpha value is -1.55. The van der Waals surface area contributed by atoms with Gasteiger partial charge < -0.3 is 14.8 Å². The zero-order valence-electron chi connectivity index (χ0n) is 11.0. The molecule has 3 rings (SSSR count). The highest BCUT2D eigenvalue weighted by atomic mass is 16.5. The second-order valence-corrected chi connectivity index (χ2v) is 5.13. The predicted octanol–water partition coefficient (Wildman–Crippen LogP) is 2.17. The largest absolute Gasteiger partial charge is 0.490 e. The second kappa shape index (κ2) is 5.61. The topological polar surface area (TPSA) is 47.6 Å². The molecule has 2 aliphatic rings. The molecule has 0 bridgehead atoms. The molecule has 0 amide bonds. The van der Waals surface area contributed by atoms with Crippen molar-refractivity contribution < 1.29 is 14.3 Å². The number of rotatable bonds is 3. The number of fused-ring (bicyclic) bond motifs is 1. The Bertz CT molecular complexity index is 466. The van der Waals surface area contributed by atoms with Gasteiger partial charge >= 0.3 is 0 Å². The number of hydrogen-bond donors (Lipinski definition) is 1. The van der Waals surface area contributed by atoms with Crippen molar-refractivity contribution in [3.63, 3.8) is 0 Å². The average molecular weight is 261 g/mol. The first-order valence-electron chi connectivity index (χ1n) is 6.99. The van der Waals surface area contributed by atoms with E-state index in [2.05, 4.69) is 5.32 Å². The van der Waals surface area contributed by atoms with Gasteiger partial charge in [0.05, 0.1) is 13.2 Å². The van der Waals surface area contributed by atoms with Gasteiger partial charge in [-0.3, -0.25) is 4.79 Å². The summed E-state index contributed by atoms with van der Waals surface area (Å²) < 4.78 is 11.2. The number of benzene rings is 1. The van der Waals surface area contributed by atoms with Gasteiger partial charge in [0, 0.05) is 24.4 Å². The molecule has 4 heteroatoms. The van der Waals surface area contributed by atoms with Gasteiger partial charge in [0.25, 0.3) is 0 Å². The van der Waals surface area contributed by atoms with Crippen LogP contribution in [-0.2, 0) is 0 Å². The number of nitrogens with one attached hydrogen (secondary N) is 1. The van der Waals surface area contributed by atoms with Gasteiger partial charge in [0.1, 0.15) is 0 Å². The Morgan fingerprint density at radius 1 is 1.21 bits per heavy atom. The Balaban J connectivity index is 1.73. The van der Waals surface area contributed by atoms with Crippen LogP contribution in [0.2, 0.25) is 0 Å². The number of carbonyl (C=O) groups excluding carboxylic acids is 1. The van der Waals surface area contributed by atoms with Crippen LogP contribution in [0.1, 0.15) is 36.0 Å². The van der Waals surface area contributed by atoms with Gasteiger partial charge in [-0.05, 0) is 37.6 Å². The van der Waals surface area contributed by atoms with Crippen LogP contribution in [0, 0.1) is 0 Å². The average Bonchev–Trinajstić information content (AvgIpc) is 2.81. The standard InChI is InChI=1S/C15H19NO3/c17-13(10-12-3-1-6-16-12)11-4-5-14-15(9-11)19-8-2-7-18-14/h4-5,9,12,16H,1-3,6-8,10H2. The molecule has 2 aliphatic heterocycles. The van der Waals surface area contributed by atoms with Gasteiger partial charge in [0.15, 0.2) is 17.3 Å². The Morgan fingerprint density at radius 2 is 2.05 bits per heavy atom. The van der Waals surface area contributed by atoms with E-state index in [9.17, 15) is 4.79 Å². The third-order valence-electron chi connectivity index (χ3n) is 3.66. The van der Waals surface area contributed by atoms with E-state index in [1.807, 2.05) is 18.2 Å². The molecule has 1 aromatic carbocycles. The molecule has 0 aromatic heterocycles. The van der Waals surface area contributed by atoms with Crippen molar-refractivity contribution in [1.29, 1.82) is 0 Å². The molecule has 1 atom stereocenters. The molecule has 102 valence electrons. The summed E-state index contributed by atoms with van der Waals surface area (Å²) in [6, 6.07) is 5.84. The lowest BCUT2D eigenvalue weighted by atomic mass is 10.0. The maximum absolute atomic E-state index is 12.2. The van der Waals surface area contributed by atoms with Crippen molar-refractivity contribution in [3.05, 3.63) is 23.8 Å². The first-order valence-corrected chi connectivity index (χ1v) is 6.99. The molecule has 1 aromatic rings. The van der Waals surface area contributed by atoms with Gasteiger partial charge in [-0.1, -0.05) is 0 Å². The number of carbonyl (C=O) groups is 1. The number of ketones is 1. The quantitative estimate of drug-likeness (QED) is 0.847. The molecule has 0 radical (unpaired) electrons. The van der Waals surface area contributed by atoms with E-state index in [0.29, 0.717) is 31.4 Å². The molecular formula is C15H19NO3. The minimum Gasteiger partial charge on any atom is -0.490 e. The van der Waals surface area contributed by atoms with Crippen LogP contribution in [0.25, 0.3) is 0 Å². The lowest BCUT2D eigenvalue weighted by Gasteiger charge is -2.11. The zero-order chi connectivity index (χ0) is 13.1. The molecule has 0 saturated carbocycles. The lowest BCUT2D eigenvalue weighted by molar-refractivity contribution is 0.0971. The van der Waals surface area contributed by atoms with E-state index in [-0.39, 0.29) is 5.78 Å². The van der Waals surface area contributed by atoms with Crippen molar-refractivity contribution >= 4 is 5.78 Å². The predicted molar refractivity (Wildman–Crippen MR) is 72.0 cm³/mol. The molecular weight excluding hydrogens is 242 g/mol.